The van der Waals surface area contributed by atoms with E-state index in [2.05, 4.69) is 31.3 Å². The molecule has 19 heavy (non-hydrogen) atoms. The second kappa shape index (κ2) is 9.85. The largest absolute Gasteiger partial charge is 0.497 e. The summed E-state index contributed by atoms with van der Waals surface area (Å²) in [6, 6.07) is 9.00. The molecule has 1 rings (SSSR count). The van der Waals surface area contributed by atoms with Crippen LogP contribution in [0.3, 0.4) is 0 Å². The molecule has 0 aromatic heterocycles. The zero-order valence-corrected chi connectivity index (χ0v) is 12.7. The number of benzene rings is 1. The minimum Gasteiger partial charge on any atom is -0.497 e. The minimum atomic E-state index is 0.601. The van der Waals surface area contributed by atoms with Gasteiger partial charge in [0, 0.05) is 6.04 Å². The first-order valence-electron chi connectivity index (χ1n) is 7.62. The summed E-state index contributed by atoms with van der Waals surface area (Å²) in [4.78, 5) is 0. The monoisotopic (exact) mass is 263 g/mol. The zero-order chi connectivity index (χ0) is 13.9. The Morgan fingerprint density at radius 2 is 1.84 bits per heavy atom. The highest BCUT2D eigenvalue weighted by Crippen LogP contribution is 2.13. The fraction of sp³-hybridized carbons (Fsp3) is 0.647. The van der Waals surface area contributed by atoms with E-state index < -0.39 is 0 Å². The number of hydrogen-bond acceptors (Lipinski definition) is 2. The van der Waals surface area contributed by atoms with Gasteiger partial charge < -0.3 is 10.1 Å². The standard InChI is InChI=1S/C17H29NO/c1-4-5-6-7-14-18-15(2)8-9-16-10-12-17(19-3)13-11-16/h10-13,15,18H,4-9,14H2,1-3H3. The molecule has 0 bridgehead atoms. The van der Waals surface area contributed by atoms with Gasteiger partial charge in [-0.15, -0.1) is 0 Å². The van der Waals surface area contributed by atoms with Gasteiger partial charge in [-0.3, -0.25) is 0 Å². The number of unbranched alkanes of at least 4 members (excludes halogenated alkanes) is 3. The lowest BCUT2D eigenvalue weighted by molar-refractivity contribution is 0.414. The zero-order valence-electron chi connectivity index (χ0n) is 12.7. The topological polar surface area (TPSA) is 21.3 Å². The molecule has 0 aliphatic heterocycles. The van der Waals surface area contributed by atoms with Crippen LogP contribution < -0.4 is 10.1 Å². The second-order valence-electron chi connectivity index (χ2n) is 5.30. The van der Waals surface area contributed by atoms with Gasteiger partial charge in [0.25, 0.3) is 0 Å². The molecular formula is C17H29NO. The van der Waals surface area contributed by atoms with E-state index in [-0.39, 0.29) is 0 Å². The third-order valence-electron chi connectivity index (χ3n) is 3.55. The minimum absolute atomic E-state index is 0.601. The van der Waals surface area contributed by atoms with Gasteiger partial charge in [-0.1, -0.05) is 38.3 Å². The maximum atomic E-state index is 5.17. The van der Waals surface area contributed by atoms with Crippen LogP contribution in [0.15, 0.2) is 24.3 Å². The molecule has 0 radical (unpaired) electrons. The first-order chi connectivity index (χ1) is 9.26. The number of rotatable bonds is 10. The first-order valence-corrected chi connectivity index (χ1v) is 7.62. The Bertz CT molecular complexity index is 321. The van der Waals surface area contributed by atoms with Crippen molar-refractivity contribution in [3.63, 3.8) is 0 Å². The lowest BCUT2D eigenvalue weighted by Gasteiger charge is -2.13. The highest BCUT2D eigenvalue weighted by Gasteiger charge is 2.02. The van der Waals surface area contributed by atoms with Crippen molar-refractivity contribution in [2.45, 2.75) is 58.4 Å². The van der Waals surface area contributed by atoms with Crippen molar-refractivity contribution in [3.8, 4) is 5.75 Å². The van der Waals surface area contributed by atoms with Gasteiger partial charge in [0.2, 0.25) is 0 Å². The molecular weight excluding hydrogens is 234 g/mol. The summed E-state index contributed by atoms with van der Waals surface area (Å²) in [7, 11) is 1.71. The third-order valence-corrected chi connectivity index (χ3v) is 3.55. The Kier molecular flexibility index (Phi) is 8.31. The summed E-state index contributed by atoms with van der Waals surface area (Å²) < 4.78 is 5.17. The van der Waals surface area contributed by atoms with Crippen LogP contribution in [-0.4, -0.2) is 19.7 Å². The fourth-order valence-electron chi connectivity index (χ4n) is 2.18. The lowest BCUT2D eigenvalue weighted by atomic mass is 10.1. The Morgan fingerprint density at radius 1 is 1.11 bits per heavy atom. The van der Waals surface area contributed by atoms with Crippen molar-refractivity contribution in [1.29, 1.82) is 0 Å². The van der Waals surface area contributed by atoms with Gasteiger partial charge in [-0.05, 0) is 50.4 Å². The molecule has 0 aliphatic rings. The number of aryl methyl sites for hydroxylation is 1. The molecule has 1 aromatic rings. The number of hydrogen-bond donors (Lipinski definition) is 1. The normalized spacial score (nSPS) is 12.4. The van der Waals surface area contributed by atoms with Gasteiger partial charge in [0.15, 0.2) is 0 Å². The molecule has 2 heteroatoms. The van der Waals surface area contributed by atoms with Gasteiger partial charge in [0.1, 0.15) is 5.75 Å². The number of nitrogens with one attached hydrogen (secondary N) is 1. The smallest absolute Gasteiger partial charge is 0.118 e. The van der Waals surface area contributed by atoms with Crippen molar-refractivity contribution in [3.05, 3.63) is 29.8 Å². The Morgan fingerprint density at radius 3 is 2.47 bits per heavy atom. The molecule has 0 heterocycles. The molecule has 1 aromatic carbocycles. The van der Waals surface area contributed by atoms with E-state index in [9.17, 15) is 0 Å². The summed E-state index contributed by atoms with van der Waals surface area (Å²) in [5.41, 5.74) is 1.39. The predicted molar refractivity (Wildman–Crippen MR) is 82.9 cm³/mol. The van der Waals surface area contributed by atoms with E-state index >= 15 is 0 Å². The molecule has 1 N–H and O–H groups in total. The average molecular weight is 263 g/mol. The molecule has 108 valence electrons. The number of methoxy groups -OCH3 is 1. The predicted octanol–water partition coefficient (Wildman–Crippen LogP) is 4.19. The van der Waals surface area contributed by atoms with Crippen LogP contribution in [0.4, 0.5) is 0 Å². The van der Waals surface area contributed by atoms with E-state index in [1.165, 1.54) is 37.7 Å². The van der Waals surface area contributed by atoms with Gasteiger partial charge in [-0.2, -0.15) is 0 Å². The van der Waals surface area contributed by atoms with Crippen LogP contribution in [0.2, 0.25) is 0 Å². The maximum Gasteiger partial charge on any atom is 0.118 e. The van der Waals surface area contributed by atoms with Gasteiger partial charge >= 0.3 is 0 Å². The van der Waals surface area contributed by atoms with Crippen molar-refractivity contribution < 1.29 is 4.74 Å². The van der Waals surface area contributed by atoms with Crippen LogP contribution in [-0.2, 0) is 6.42 Å². The Balaban J connectivity index is 2.13. The molecule has 1 atom stereocenters. The fourth-order valence-corrected chi connectivity index (χ4v) is 2.18. The summed E-state index contributed by atoms with van der Waals surface area (Å²) in [6.45, 7) is 5.69. The van der Waals surface area contributed by atoms with E-state index in [4.69, 9.17) is 4.74 Å². The summed E-state index contributed by atoms with van der Waals surface area (Å²) in [5.74, 6) is 0.936. The van der Waals surface area contributed by atoms with Crippen molar-refractivity contribution in [1.82, 2.24) is 5.32 Å². The van der Waals surface area contributed by atoms with Crippen molar-refractivity contribution in [2.24, 2.45) is 0 Å². The quantitative estimate of drug-likeness (QED) is 0.639. The highest BCUT2D eigenvalue weighted by molar-refractivity contribution is 5.27. The highest BCUT2D eigenvalue weighted by atomic mass is 16.5. The molecule has 1 unspecified atom stereocenters. The molecule has 0 amide bonds. The summed E-state index contributed by atoms with van der Waals surface area (Å²) in [6.07, 6.45) is 7.66. The number of ether oxygens (including phenoxy) is 1. The van der Waals surface area contributed by atoms with Crippen LogP contribution in [0.25, 0.3) is 0 Å². The SMILES string of the molecule is CCCCCCNC(C)CCc1ccc(OC)cc1. The van der Waals surface area contributed by atoms with Crippen LogP contribution >= 0.6 is 0 Å². The van der Waals surface area contributed by atoms with E-state index in [0.717, 1.165) is 18.7 Å². The lowest BCUT2D eigenvalue weighted by Crippen LogP contribution is -2.27. The molecule has 0 fully saturated rings. The van der Waals surface area contributed by atoms with Crippen LogP contribution in [0.1, 0.15) is 51.5 Å². The molecule has 0 spiro atoms. The van der Waals surface area contributed by atoms with E-state index in [1.54, 1.807) is 7.11 Å². The van der Waals surface area contributed by atoms with E-state index in [0.29, 0.717) is 6.04 Å². The van der Waals surface area contributed by atoms with Gasteiger partial charge in [0.05, 0.1) is 7.11 Å². The second-order valence-corrected chi connectivity index (χ2v) is 5.30. The Labute approximate surface area is 118 Å². The molecule has 0 saturated heterocycles. The van der Waals surface area contributed by atoms with E-state index in [1.807, 2.05) is 12.1 Å². The molecule has 0 aliphatic carbocycles. The first kappa shape index (κ1) is 16.0. The summed E-state index contributed by atoms with van der Waals surface area (Å²) in [5, 5.41) is 3.61. The maximum absolute atomic E-state index is 5.17. The average Bonchev–Trinajstić information content (AvgIpc) is 2.45. The van der Waals surface area contributed by atoms with Crippen molar-refractivity contribution >= 4 is 0 Å². The molecule has 0 saturated carbocycles. The van der Waals surface area contributed by atoms with Crippen LogP contribution in [0.5, 0.6) is 5.75 Å². The summed E-state index contributed by atoms with van der Waals surface area (Å²) >= 11 is 0. The third kappa shape index (κ3) is 7.22. The Hall–Kier alpha value is -1.02. The van der Waals surface area contributed by atoms with Gasteiger partial charge in [-0.25, -0.2) is 0 Å². The van der Waals surface area contributed by atoms with Crippen LogP contribution in [0, 0.1) is 0 Å². The molecule has 2 nitrogen and oxygen atoms in total. The van der Waals surface area contributed by atoms with Crippen molar-refractivity contribution in [2.75, 3.05) is 13.7 Å².